The number of hydrogen-bond donors (Lipinski definition) is 1. The number of fused-ring (bicyclic) bond motifs is 1. The van der Waals surface area contributed by atoms with Crippen molar-refractivity contribution in [2.24, 2.45) is 0 Å². The fourth-order valence-corrected chi connectivity index (χ4v) is 3.63. The number of anilines is 1. The van der Waals surface area contributed by atoms with E-state index in [1.54, 1.807) is 11.3 Å². The maximum absolute atomic E-state index is 5.71. The summed E-state index contributed by atoms with van der Waals surface area (Å²) in [5.74, 6) is 0. The number of aromatic nitrogens is 1. The van der Waals surface area contributed by atoms with Gasteiger partial charge in [-0.1, -0.05) is 6.42 Å². The first-order valence-electron chi connectivity index (χ1n) is 6.50. The number of rotatable bonds is 3. The van der Waals surface area contributed by atoms with Gasteiger partial charge in [-0.3, -0.25) is 4.90 Å². The number of hydrogen-bond acceptors (Lipinski definition) is 5. The van der Waals surface area contributed by atoms with E-state index in [0.717, 1.165) is 18.2 Å². The largest absolute Gasteiger partial charge is 0.375 e. The third-order valence-corrected chi connectivity index (χ3v) is 4.63. The molecule has 5 heteroatoms. The van der Waals surface area contributed by atoms with Crippen LogP contribution in [0.2, 0.25) is 0 Å². The molecule has 0 aromatic carbocycles. The number of nitrogen functional groups attached to an aromatic ring is 1. The second-order valence-electron chi connectivity index (χ2n) is 5.03. The van der Waals surface area contributed by atoms with Crippen LogP contribution in [0.25, 0.3) is 0 Å². The monoisotopic (exact) mass is 252 g/mol. The molecular formula is C12H20N4S. The van der Waals surface area contributed by atoms with Crippen LogP contribution in [0.1, 0.15) is 29.8 Å². The molecule has 3 rings (SSSR count). The highest BCUT2D eigenvalue weighted by molar-refractivity contribution is 7.15. The molecule has 2 aliphatic rings. The Hall–Kier alpha value is -0.650. The van der Waals surface area contributed by atoms with E-state index in [9.17, 15) is 0 Å². The molecule has 2 aliphatic heterocycles. The highest BCUT2D eigenvalue weighted by Crippen LogP contribution is 2.29. The first-order chi connectivity index (χ1) is 8.31. The molecule has 17 heavy (non-hydrogen) atoms. The molecule has 1 aromatic heterocycles. The van der Waals surface area contributed by atoms with Gasteiger partial charge in [0.2, 0.25) is 0 Å². The summed E-state index contributed by atoms with van der Waals surface area (Å²) in [6.07, 6.45) is 4.18. The van der Waals surface area contributed by atoms with Gasteiger partial charge >= 0.3 is 0 Å². The minimum absolute atomic E-state index is 0.727. The van der Waals surface area contributed by atoms with Crippen molar-refractivity contribution < 1.29 is 0 Å². The molecular weight excluding hydrogens is 232 g/mol. The smallest absolute Gasteiger partial charge is 0.180 e. The number of nitrogens with zero attached hydrogens (tertiary/aromatic N) is 3. The number of piperidine rings is 1. The highest BCUT2D eigenvalue weighted by atomic mass is 32.1. The zero-order valence-electron chi connectivity index (χ0n) is 10.2. The summed E-state index contributed by atoms with van der Waals surface area (Å²) in [6.45, 7) is 7.02. The Morgan fingerprint density at radius 1 is 1.06 bits per heavy atom. The Labute approximate surface area is 106 Å². The molecule has 2 N–H and O–H groups in total. The molecule has 0 radical (unpaired) electrons. The molecule has 0 saturated carbocycles. The second-order valence-corrected chi connectivity index (χ2v) is 6.15. The Morgan fingerprint density at radius 3 is 2.59 bits per heavy atom. The van der Waals surface area contributed by atoms with Crippen molar-refractivity contribution in [2.45, 2.75) is 32.4 Å². The highest BCUT2D eigenvalue weighted by Gasteiger charge is 2.23. The lowest BCUT2D eigenvalue weighted by molar-refractivity contribution is 0.182. The molecule has 0 spiro atoms. The third kappa shape index (κ3) is 2.61. The summed E-state index contributed by atoms with van der Waals surface area (Å²) in [6, 6.07) is 0. The van der Waals surface area contributed by atoms with Gasteiger partial charge < -0.3 is 10.6 Å². The lowest BCUT2D eigenvalue weighted by atomic mass is 10.1. The van der Waals surface area contributed by atoms with Gasteiger partial charge in [-0.05, 0) is 25.9 Å². The van der Waals surface area contributed by atoms with E-state index in [-0.39, 0.29) is 0 Å². The summed E-state index contributed by atoms with van der Waals surface area (Å²) in [7, 11) is 0. The predicted molar refractivity (Wildman–Crippen MR) is 70.9 cm³/mol. The molecule has 1 saturated heterocycles. The topological polar surface area (TPSA) is 45.4 Å². The maximum Gasteiger partial charge on any atom is 0.180 e. The van der Waals surface area contributed by atoms with E-state index < -0.39 is 0 Å². The van der Waals surface area contributed by atoms with Crippen LogP contribution >= 0.6 is 11.3 Å². The van der Waals surface area contributed by atoms with E-state index in [0.29, 0.717) is 0 Å². The molecule has 94 valence electrons. The van der Waals surface area contributed by atoms with Gasteiger partial charge in [0.05, 0.1) is 5.69 Å². The van der Waals surface area contributed by atoms with Gasteiger partial charge in [0.15, 0.2) is 5.13 Å². The lowest BCUT2D eigenvalue weighted by Crippen LogP contribution is -2.36. The summed E-state index contributed by atoms with van der Waals surface area (Å²) < 4.78 is 0. The fourth-order valence-electron chi connectivity index (χ4n) is 2.75. The van der Waals surface area contributed by atoms with Gasteiger partial charge in [0.25, 0.3) is 0 Å². The van der Waals surface area contributed by atoms with Crippen molar-refractivity contribution in [3.8, 4) is 0 Å². The molecule has 0 bridgehead atoms. The van der Waals surface area contributed by atoms with Crippen molar-refractivity contribution in [3.63, 3.8) is 0 Å². The minimum atomic E-state index is 0.727. The molecule has 0 amide bonds. The van der Waals surface area contributed by atoms with Crippen molar-refractivity contribution in [3.05, 3.63) is 10.6 Å². The van der Waals surface area contributed by atoms with Gasteiger partial charge in [-0.25, -0.2) is 4.98 Å². The molecule has 0 aliphatic carbocycles. The van der Waals surface area contributed by atoms with Crippen LogP contribution in [0.4, 0.5) is 5.13 Å². The van der Waals surface area contributed by atoms with Crippen LogP contribution in [0, 0.1) is 0 Å². The lowest BCUT2D eigenvalue weighted by Gasteiger charge is -2.28. The van der Waals surface area contributed by atoms with Gasteiger partial charge in [0, 0.05) is 31.1 Å². The van der Waals surface area contributed by atoms with E-state index in [4.69, 9.17) is 5.73 Å². The quantitative estimate of drug-likeness (QED) is 0.886. The van der Waals surface area contributed by atoms with Crippen LogP contribution in [0.3, 0.4) is 0 Å². The summed E-state index contributed by atoms with van der Waals surface area (Å²) in [4.78, 5) is 10.8. The summed E-state index contributed by atoms with van der Waals surface area (Å²) >= 11 is 1.65. The van der Waals surface area contributed by atoms with Crippen molar-refractivity contribution in [2.75, 3.05) is 31.9 Å². The SMILES string of the molecule is Nc1nc2c(s1)CN(CCN1CCCCC1)C2. The summed E-state index contributed by atoms with van der Waals surface area (Å²) in [5, 5.41) is 0.727. The Balaban J connectivity index is 1.47. The molecule has 3 heterocycles. The second kappa shape index (κ2) is 4.92. The maximum atomic E-state index is 5.71. The Bertz CT molecular complexity index is 360. The van der Waals surface area contributed by atoms with Crippen LogP contribution in [0.5, 0.6) is 0 Å². The van der Waals surface area contributed by atoms with Crippen molar-refractivity contribution in [1.82, 2.24) is 14.8 Å². The van der Waals surface area contributed by atoms with Crippen molar-refractivity contribution in [1.29, 1.82) is 0 Å². The van der Waals surface area contributed by atoms with Gasteiger partial charge in [0.1, 0.15) is 0 Å². The van der Waals surface area contributed by atoms with E-state index in [1.165, 1.54) is 56.0 Å². The van der Waals surface area contributed by atoms with Crippen LogP contribution in [0.15, 0.2) is 0 Å². The summed E-state index contributed by atoms with van der Waals surface area (Å²) in [5.41, 5.74) is 6.92. The molecule has 4 nitrogen and oxygen atoms in total. The normalized spacial score (nSPS) is 21.9. The van der Waals surface area contributed by atoms with Gasteiger partial charge in [-0.2, -0.15) is 0 Å². The zero-order chi connectivity index (χ0) is 11.7. The van der Waals surface area contributed by atoms with E-state index in [1.807, 2.05) is 0 Å². The molecule has 1 aromatic rings. The Morgan fingerprint density at radius 2 is 1.82 bits per heavy atom. The van der Waals surface area contributed by atoms with Crippen LogP contribution in [-0.2, 0) is 13.1 Å². The van der Waals surface area contributed by atoms with Crippen LogP contribution < -0.4 is 5.73 Å². The molecule has 1 fully saturated rings. The number of nitrogens with two attached hydrogens (primary N) is 1. The standard InChI is InChI=1S/C12H20N4S/c13-12-14-10-8-16(9-11(10)17-12)7-6-15-4-2-1-3-5-15/h1-9H2,(H2,13,14). The minimum Gasteiger partial charge on any atom is -0.375 e. The predicted octanol–water partition coefficient (Wildman–Crippen LogP) is 1.53. The third-order valence-electron chi connectivity index (χ3n) is 3.72. The zero-order valence-corrected chi connectivity index (χ0v) is 11.0. The Kier molecular flexibility index (Phi) is 3.31. The molecule has 0 atom stereocenters. The van der Waals surface area contributed by atoms with Gasteiger partial charge in [-0.15, -0.1) is 11.3 Å². The first kappa shape index (κ1) is 11.4. The van der Waals surface area contributed by atoms with E-state index >= 15 is 0 Å². The number of likely N-dealkylation sites (tertiary alicyclic amines) is 1. The molecule has 0 unspecified atom stereocenters. The average molecular weight is 252 g/mol. The number of thiazole rings is 1. The van der Waals surface area contributed by atoms with E-state index in [2.05, 4.69) is 14.8 Å². The van der Waals surface area contributed by atoms with Crippen LogP contribution in [-0.4, -0.2) is 41.0 Å². The fraction of sp³-hybridized carbons (Fsp3) is 0.750. The average Bonchev–Trinajstić information content (AvgIpc) is 2.84. The van der Waals surface area contributed by atoms with Crippen molar-refractivity contribution >= 4 is 16.5 Å². The first-order valence-corrected chi connectivity index (χ1v) is 7.32.